The van der Waals surface area contributed by atoms with E-state index in [1.165, 1.54) is 12.1 Å². The van der Waals surface area contributed by atoms with Gasteiger partial charge in [-0.05, 0) is 24.6 Å². The number of rotatable bonds is 6. The number of hydrogen-bond donors (Lipinski definition) is 2. The largest absolute Gasteiger partial charge is 0.485 e. The predicted molar refractivity (Wildman–Crippen MR) is 96.1 cm³/mol. The van der Waals surface area contributed by atoms with E-state index in [-0.39, 0.29) is 18.2 Å². The van der Waals surface area contributed by atoms with Crippen LogP contribution in [0.15, 0.2) is 48.5 Å². The van der Waals surface area contributed by atoms with Gasteiger partial charge in [0.1, 0.15) is 12.4 Å². The SMILES string of the molecule is Cc1ccccc1Nc1nc(N)nc(COc2cccc([N+](=O)[O-])c2)n1. The Bertz CT molecular complexity index is 947. The Hall–Kier alpha value is -3.75. The number of aromatic nitrogens is 3. The molecule has 26 heavy (non-hydrogen) atoms. The van der Waals surface area contributed by atoms with E-state index in [1.54, 1.807) is 12.1 Å². The van der Waals surface area contributed by atoms with Crippen LogP contribution in [0, 0.1) is 17.0 Å². The van der Waals surface area contributed by atoms with E-state index in [0.29, 0.717) is 17.5 Å². The van der Waals surface area contributed by atoms with Gasteiger partial charge in [-0.25, -0.2) is 0 Å². The number of aryl methyl sites for hydroxylation is 1. The van der Waals surface area contributed by atoms with Crippen LogP contribution < -0.4 is 15.8 Å². The fourth-order valence-corrected chi connectivity index (χ4v) is 2.23. The number of nitro groups is 1. The highest BCUT2D eigenvalue weighted by Gasteiger charge is 2.09. The molecule has 3 aromatic rings. The molecule has 3 N–H and O–H groups in total. The van der Waals surface area contributed by atoms with Crippen LogP contribution >= 0.6 is 0 Å². The van der Waals surface area contributed by atoms with Gasteiger partial charge in [0.2, 0.25) is 11.9 Å². The molecule has 0 bridgehead atoms. The number of benzene rings is 2. The van der Waals surface area contributed by atoms with Crippen molar-refractivity contribution >= 4 is 23.3 Å². The molecule has 3 rings (SSSR count). The van der Waals surface area contributed by atoms with Crippen molar-refractivity contribution in [3.63, 3.8) is 0 Å². The molecule has 0 amide bonds. The molecule has 0 unspecified atom stereocenters. The summed E-state index contributed by atoms with van der Waals surface area (Å²) in [5.74, 6) is 0.991. The first-order valence-corrected chi connectivity index (χ1v) is 7.71. The van der Waals surface area contributed by atoms with E-state index in [9.17, 15) is 10.1 Å². The maximum absolute atomic E-state index is 10.8. The zero-order valence-electron chi connectivity index (χ0n) is 13.9. The molecular weight excluding hydrogens is 336 g/mol. The third kappa shape index (κ3) is 4.20. The van der Waals surface area contributed by atoms with Crippen molar-refractivity contribution in [3.8, 4) is 5.75 Å². The number of hydrogen-bond acceptors (Lipinski definition) is 8. The summed E-state index contributed by atoms with van der Waals surface area (Å²) < 4.78 is 5.53. The van der Waals surface area contributed by atoms with Gasteiger partial charge in [-0.1, -0.05) is 24.3 Å². The predicted octanol–water partition coefficient (Wildman–Crippen LogP) is 2.99. The Kier molecular flexibility index (Phi) is 4.88. The third-order valence-corrected chi connectivity index (χ3v) is 3.49. The molecule has 0 aliphatic carbocycles. The Morgan fingerprint density at radius 3 is 2.73 bits per heavy atom. The molecule has 1 heterocycles. The molecule has 0 aliphatic heterocycles. The van der Waals surface area contributed by atoms with Crippen LogP contribution in [-0.2, 0) is 6.61 Å². The van der Waals surface area contributed by atoms with Crippen molar-refractivity contribution in [2.24, 2.45) is 0 Å². The summed E-state index contributed by atoms with van der Waals surface area (Å²) in [6.07, 6.45) is 0. The number of anilines is 3. The summed E-state index contributed by atoms with van der Waals surface area (Å²) in [6, 6.07) is 13.6. The minimum absolute atomic E-state index is 0.00363. The van der Waals surface area contributed by atoms with Crippen molar-refractivity contribution < 1.29 is 9.66 Å². The monoisotopic (exact) mass is 352 g/mol. The average Bonchev–Trinajstić information content (AvgIpc) is 2.62. The summed E-state index contributed by atoms with van der Waals surface area (Å²) >= 11 is 0. The van der Waals surface area contributed by atoms with Crippen LogP contribution in [0.5, 0.6) is 5.75 Å². The number of nitro benzene ring substituents is 1. The van der Waals surface area contributed by atoms with E-state index in [4.69, 9.17) is 10.5 Å². The smallest absolute Gasteiger partial charge is 0.273 e. The van der Waals surface area contributed by atoms with Gasteiger partial charge in [0.15, 0.2) is 5.82 Å². The second kappa shape index (κ2) is 7.43. The van der Waals surface area contributed by atoms with Gasteiger partial charge in [0.05, 0.1) is 11.0 Å². The molecular formula is C17H16N6O3. The van der Waals surface area contributed by atoms with Crippen LogP contribution in [0.2, 0.25) is 0 Å². The van der Waals surface area contributed by atoms with E-state index >= 15 is 0 Å². The number of nitrogens with two attached hydrogens (primary N) is 1. The second-order valence-corrected chi connectivity index (χ2v) is 5.42. The minimum Gasteiger partial charge on any atom is -0.485 e. The van der Waals surface area contributed by atoms with E-state index in [0.717, 1.165) is 11.3 Å². The van der Waals surface area contributed by atoms with E-state index in [2.05, 4.69) is 20.3 Å². The summed E-state index contributed by atoms with van der Waals surface area (Å²) in [6.45, 7) is 1.95. The molecule has 132 valence electrons. The molecule has 9 nitrogen and oxygen atoms in total. The Morgan fingerprint density at radius 2 is 1.96 bits per heavy atom. The lowest BCUT2D eigenvalue weighted by Crippen LogP contribution is -2.09. The highest BCUT2D eigenvalue weighted by molar-refractivity contribution is 5.58. The van der Waals surface area contributed by atoms with Gasteiger partial charge >= 0.3 is 0 Å². The number of non-ortho nitro benzene ring substituents is 1. The first-order chi connectivity index (χ1) is 12.5. The number of nitrogen functional groups attached to an aromatic ring is 1. The molecule has 0 saturated carbocycles. The van der Waals surface area contributed by atoms with E-state index < -0.39 is 4.92 Å². The molecule has 0 fully saturated rings. The zero-order chi connectivity index (χ0) is 18.5. The third-order valence-electron chi connectivity index (χ3n) is 3.49. The summed E-state index contributed by atoms with van der Waals surface area (Å²) in [7, 11) is 0. The minimum atomic E-state index is -0.488. The fraction of sp³-hybridized carbons (Fsp3) is 0.118. The molecule has 0 spiro atoms. The van der Waals surface area contributed by atoms with Gasteiger partial charge in [-0.3, -0.25) is 10.1 Å². The van der Waals surface area contributed by atoms with Gasteiger partial charge in [-0.15, -0.1) is 0 Å². The van der Waals surface area contributed by atoms with E-state index in [1.807, 2.05) is 31.2 Å². The first kappa shape index (κ1) is 17.1. The van der Waals surface area contributed by atoms with Gasteiger partial charge < -0.3 is 15.8 Å². The average molecular weight is 352 g/mol. The maximum atomic E-state index is 10.8. The molecule has 1 aromatic heterocycles. The number of ether oxygens (including phenoxy) is 1. The Balaban J connectivity index is 1.75. The molecule has 0 atom stereocenters. The standard InChI is InChI=1S/C17H16N6O3/c1-11-5-2-3-8-14(11)19-17-21-15(20-16(18)22-17)10-26-13-7-4-6-12(9-13)23(24)25/h2-9H,10H2,1H3,(H3,18,19,20,21,22). The fourth-order valence-electron chi connectivity index (χ4n) is 2.23. The lowest BCUT2D eigenvalue weighted by molar-refractivity contribution is -0.384. The Labute approximate surface area is 149 Å². The number of para-hydroxylation sites is 1. The molecule has 2 aromatic carbocycles. The normalized spacial score (nSPS) is 10.3. The van der Waals surface area contributed by atoms with Crippen LogP contribution in [0.4, 0.5) is 23.3 Å². The topological polar surface area (TPSA) is 129 Å². The zero-order valence-corrected chi connectivity index (χ0v) is 13.9. The van der Waals surface area contributed by atoms with Crippen LogP contribution in [0.1, 0.15) is 11.4 Å². The first-order valence-electron chi connectivity index (χ1n) is 7.71. The van der Waals surface area contributed by atoms with Crippen molar-refractivity contribution in [1.29, 1.82) is 0 Å². The van der Waals surface area contributed by atoms with Crippen molar-refractivity contribution in [1.82, 2.24) is 15.0 Å². The molecule has 0 saturated heterocycles. The van der Waals surface area contributed by atoms with Crippen LogP contribution in [0.3, 0.4) is 0 Å². The summed E-state index contributed by atoms with van der Waals surface area (Å²) in [5.41, 5.74) is 7.56. The van der Waals surface area contributed by atoms with Crippen LogP contribution in [0.25, 0.3) is 0 Å². The highest BCUT2D eigenvalue weighted by atomic mass is 16.6. The van der Waals surface area contributed by atoms with Crippen LogP contribution in [-0.4, -0.2) is 19.9 Å². The lowest BCUT2D eigenvalue weighted by atomic mass is 10.2. The van der Waals surface area contributed by atoms with Gasteiger partial charge in [-0.2, -0.15) is 15.0 Å². The van der Waals surface area contributed by atoms with Crippen molar-refractivity contribution in [3.05, 3.63) is 70.0 Å². The Morgan fingerprint density at radius 1 is 1.15 bits per heavy atom. The summed E-state index contributed by atoms with van der Waals surface area (Å²) in [5, 5.41) is 13.9. The lowest BCUT2D eigenvalue weighted by Gasteiger charge is -2.10. The summed E-state index contributed by atoms with van der Waals surface area (Å²) in [4.78, 5) is 22.7. The maximum Gasteiger partial charge on any atom is 0.273 e. The van der Waals surface area contributed by atoms with Gasteiger partial charge in [0.25, 0.3) is 5.69 Å². The molecule has 0 aliphatic rings. The molecule has 9 heteroatoms. The quantitative estimate of drug-likeness (QED) is 0.511. The van der Waals surface area contributed by atoms with Crippen molar-refractivity contribution in [2.45, 2.75) is 13.5 Å². The second-order valence-electron chi connectivity index (χ2n) is 5.42. The number of nitrogens with one attached hydrogen (secondary N) is 1. The van der Waals surface area contributed by atoms with Gasteiger partial charge in [0, 0.05) is 11.8 Å². The molecule has 0 radical (unpaired) electrons. The van der Waals surface area contributed by atoms with Crippen molar-refractivity contribution in [2.75, 3.05) is 11.1 Å². The highest BCUT2D eigenvalue weighted by Crippen LogP contribution is 2.21. The number of nitrogens with zero attached hydrogens (tertiary/aromatic N) is 4.